The maximum Gasteiger partial charge on any atom is 0.526 e. The number of para-hydroxylation sites is 2. The van der Waals surface area contributed by atoms with Gasteiger partial charge < -0.3 is 15.2 Å². The first-order valence-corrected chi connectivity index (χ1v) is 8.34. The summed E-state index contributed by atoms with van der Waals surface area (Å²) in [6.45, 7) is 1.63. The Morgan fingerprint density at radius 3 is 2.29 bits per heavy atom. The number of carbonyl (C=O) groups is 2. The smallest absolute Gasteiger partial charge is 0.383 e. The van der Waals surface area contributed by atoms with E-state index in [-0.39, 0.29) is 24.7 Å². The van der Waals surface area contributed by atoms with E-state index in [1.54, 1.807) is 24.3 Å². The Labute approximate surface area is 136 Å². The Morgan fingerprint density at radius 2 is 1.71 bits per heavy atom. The molecule has 128 valence electrons. The normalized spacial score (nSPS) is 11.1. The number of phosphoric ester groups is 1. The first-order chi connectivity index (χ1) is 11.3. The SMILES string of the molecule is CC(=O)NCCNC(=O)c1nc2ccccc2nc1OP(=O)(O)O. The molecule has 0 unspecified atom stereocenters. The molecule has 0 fully saturated rings. The summed E-state index contributed by atoms with van der Waals surface area (Å²) < 4.78 is 15.5. The van der Waals surface area contributed by atoms with E-state index >= 15 is 0 Å². The lowest BCUT2D eigenvalue weighted by atomic mass is 10.3. The maximum absolute atomic E-state index is 12.2. The van der Waals surface area contributed by atoms with Crippen LogP contribution < -0.4 is 15.2 Å². The highest BCUT2D eigenvalue weighted by Crippen LogP contribution is 2.38. The largest absolute Gasteiger partial charge is 0.526 e. The van der Waals surface area contributed by atoms with E-state index in [4.69, 9.17) is 9.79 Å². The Kier molecular flexibility index (Phi) is 5.45. The van der Waals surface area contributed by atoms with Crippen molar-refractivity contribution in [3.63, 3.8) is 0 Å². The van der Waals surface area contributed by atoms with Crippen LogP contribution >= 0.6 is 7.82 Å². The summed E-state index contributed by atoms with van der Waals surface area (Å²) in [6.07, 6.45) is 0. The van der Waals surface area contributed by atoms with Crippen molar-refractivity contribution in [3.05, 3.63) is 30.0 Å². The predicted molar refractivity (Wildman–Crippen MR) is 83.2 cm³/mol. The molecule has 10 nitrogen and oxygen atoms in total. The topological polar surface area (TPSA) is 151 Å². The number of hydrogen-bond acceptors (Lipinski definition) is 6. The number of phosphoric acid groups is 1. The van der Waals surface area contributed by atoms with Crippen LogP contribution in [0.15, 0.2) is 24.3 Å². The van der Waals surface area contributed by atoms with Gasteiger partial charge in [0.25, 0.3) is 11.8 Å². The summed E-state index contributed by atoms with van der Waals surface area (Å²) in [5, 5.41) is 4.95. The van der Waals surface area contributed by atoms with Crippen LogP contribution in [0.25, 0.3) is 11.0 Å². The van der Waals surface area contributed by atoms with Crippen molar-refractivity contribution in [1.82, 2.24) is 20.6 Å². The lowest BCUT2D eigenvalue weighted by Gasteiger charge is -2.11. The number of nitrogens with one attached hydrogen (secondary N) is 2. The van der Waals surface area contributed by atoms with Crippen molar-refractivity contribution >= 4 is 30.7 Å². The number of nitrogens with zero attached hydrogens (tertiary/aromatic N) is 2. The number of hydrogen-bond donors (Lipinski definition) is 4. The second-order valence-corrected chi connectivity index (χ2v) is 5.85. The van der Waals surface area contributed by atoms with E-state index in [0.29, 0.717) is 11.0 Å². The number of aromatic nitrogens is 2. The third kappa shape index (κ3) is 4.98. The standard InChI is InChI=1S/C13H15N4O6P/c1-8(18)14-6-7-15-12(19)11-13(23-24(20,21)22)17-10-5-3-2-4-9(10)16-11/h2-5H,6-7H2,1H3,(H,14,18)(H,15,19)(H2,20,21,22). The fourth-order valence-corrected chi connectivity index (χ4v) is 2.16. The van der Waals surface area contributed by atoms with Gasteiger partial charge in [0.2, 0.25) is 5.91 Å². The van der Waals surface area contributed by atoms with Gasteiger partial charge in [0.15, 0.2) is 5.69 Å². The van der Waals surface area contributed by atoms with Crippen LogP contribution in [-0.4, -0.2) is 44.7 Å². The molecule has 1 heterocycles. The van der Waals surface area contributed by atoms with Crippen LogP contribution in [0, 0.1) is 0 Å². The van der Waals surface area contributed by atoms with Gasteiger partial charge >= 0.3 is 7.82 Å². The minimum absolute atomic E-state index is 0.0995. The fraction of sp³-hybridized carbons (Fsp3) is 0.231. The Balaban J connectivity index is 2.28. The molecule has 0 aliphatic rings. The van der Waals surface area contributed by atoms with Crippen LogP contribution in [-0.2, 0) is 9.36 Å². The van der Waals surface area contributed by atoms with Crippen molar-refractivity contribution in [3.8, 4) is 5.88 Å². The number of carbonyl (C=O) groups excluding carboxylic acids is 2. The van der Waals surface area contributed by atoms with Crippen molar-refractivity contribution < 1.29 is 28.5 Å². The van der Waals surface area contributed by atoms with E-state index < -0.39 is 19.6 Å². The summed E-state index contributed by atoms with van der Waals surface area (Å²) in [5.74, 6) is -1.55. The van der Waals surface area contributed by atoms with Gasteiger partial charge in [0.1, 0.15) is 0 Å². The van der Waals surface area contributed by atoms with Crippen molar-refractivity contribution in [2.45, 2.75) is 6.92 Å². The molecule has 0 saturated heterocycles. The van der Waals surface area contributed by atoms with Crippen LogP contribution in [0.1, 0.15) is 17.4 Å². The molecule has 0 bridgehead atoms. The quantitative estimate of drug-likeness (QED) is 0.417. The predicted octanol–water partition coefficient (Wildman–Crippen LogP) is -0.0328. The monoisotopic (exact) mass is 354 g/mol. The molecule has 0 saturated carbocycles. The molecule has 0 aliphatic carbocycles. The number of rotatable bonds is 6. The molecule has 2 rings (SSSR count). The van der Waals surface area contributed by atoms with E-state index in [1.807, 2.05) is 0 Å². The van der Waals surface area contributed by atoms with E-state index in [2.05, 4.69) is 25.1 Å². The van der Waals surface area contributed by atoms with Gasteiger partial charge in [-0.2, -0.15) is 0 Å². The van der Waals surface area contributed by atoms with Gasteiger partial charge in [-0.05, 0) is 12.1 Å². The molecule has 24 heavy (non-hydrogen) atoms. The molecule has 0 radical (unpaired) electrons. The highest BCUT2D eigenvalue weighted by atomic mass is 31.2. The zero-order valence-electron chi connectivity index (χ0n) is 12.6. The van der Waals surface area contributed by atoms with Gasteiger partial charge in [-0.25, -0.2) is 14.5 Å². The number of benzene rings is 1. The summed E-state index contributed by atoms with van der Waals surface area (Å²) in [5.41, 5.74) is 0.318. The maximum atomic E-state index is 12.2. The number of fused-ring (bicyclic) bond motifs is 1. The molecule has 2 aromatic rings. The molecule has 11 heteroatoms. The highest BCUT2D eigenvalue weighted by molar-refractivity contribution is 7.46. The van der Waals surface area contributed by atoms with Crippen molar-refractivity contribution in [2.24, 2.45) is 0 Å². The third-order valence-electron chi connectivity index (χ3n) is 2.74. The summed E-state index contributed by atoms with van der Waals surface area (Å²) >= 11 is 0. The van der Waals surface area contributed by atoms with Gasteiger partial charge in [-0.15, -0.1) is 0 Å². The minimum atomic E-state index is -4.92. The third-order valence-corrected chi connectivity index (χ3v) is 3.15. The van der Waals surface area contributed by atoms with E-state index in [0.717, 1.165) is 0 Å². The van der Waals surface area contributed by atoms with Gasteiger partial charge in [0.05, 0.1) is 11.0 Å². The Morgan fingerprint density at radius 1 is 1.12 bits per heavy atom. The second kappa shape index (κ2) is 7.35. The van der Waals surface area contributed by atoms with Crippen molar-refractivity contribution in [1.29, 1.82) is 0 Å². The average molecular weight is 354 g/mol. The first-order valence-electron chi connectivity index (χ1n) is 6.81. The van der Waals surface area contributed by atoms with Crippen LogP contribution in [0.5, 0.6) is 5.88 Å². The van der Waals surface area contributed by atoms with Crippen molar-refractivity contribution in [2.75, 3.05) is 13.1 Å². The van der Waals surface area contributed by atoms with Gasteiger partial charge in [0, 0.05) is 20.0 Å². The fourth-order valence-electron chi connectivity index (χ4n) is 1.81. The Hall–Kier alpha value is -2.55. The average Bonchev–Trinajstić information content (AvgIpc) is 2.49. The summed E-state index contributed by atoms with van der Waals surface area (Å²) in [4.78, 5) is 48.8. The first kappa shape index (κ1) is 17.8. The molecule has 0 atom stereocenters. The molecule has 1 aromatic heterocycles. The molecular formula is C13H15N4O6P. The van der Waals surface area contributed by atoms with Gasteiger partial charge in [-0.1, -0.05) is 12.1 Å². The highest BCUT2D eigenvalue weighted by Gasteiger charge is 2.24. The second-order valence-electron chi connectivity index (χ2n) is 4.69. The van der Waals surface area contributed by atoms with Crippen LogP contribution in [0.2, 0.25) is 0 Å². The minimum Gasteiger partial charge on any atom is -0.383 e. The molecule has 1 aromatic carbocycles. The van der Waals surface area contributed by atoms with E-state index in [1.165, 1.54) is 6.92 Å². The molecule has 0 spiro atoms. The zero-order chi connectivity index (χ0) is 17.7. The molecule has 2 amide bonds. The zero-order valence-corrected chi connectivity index (χ0v) is 13.5. The van der Waals surface area contributed by atoms with Crippen LogP contribution in [0.4, 0.5) is 0 Å². The van der Waals surface area contributed by atoms with E-state index in [9.17, 15) is 14.2 Å². The lowest BCUT2D eigenvalue weighted by Crippen LogP contribution is -2.34. The van der Waals surface area contributed by atoms with Gasteiger partial charge in [-0.3, -0.25) is 19.4 Å². The molecule has 4 N–H and O–H groups in total. The number of amides is 2. The lowest BCUT2D eigenvalue weighted by molar-refractivity contribution is -0.118. The summed E-state index contributed by atoms with van der Waals surface area (Å²) in [6, 6.07) is 6.50. The van der Waals surface area contributed by atoms with Crippen LogP contribution in [0.3, 0.4) is 0 Å². The summed E-state index contributed by atoms with van der Waals surface area (Å²) in [7, 11) is -4.92. The Bertz CT molecular complexity index is 821. The molecule has 0 aliphatic heterocycles. The molecular weight excluding hydrogens is 339 g/mol.